The van der Waals surface area contributed by atoms with Crippen molar-refractivity contribution in [3.63, 3.8) is 0 Å². The zero-order chi connectivity index (χ0) is 11.6. The van der Waals surface area contributed by atoms with Gasteiger partial charge in [0.2, 0.25) is 0 Å². The van der Waals surface area contributed by atoms with Crippen LogP contribution in [-0.2, 0) is 0 Å². The highest BCUT2D eigenvalue weighted by atomic mass is 32.1. The van der Waals surface area contributed by atoms with Gasteiger partial charge in [0.1, 0.15) is 10.8 Å². The summed E-state index contributed by atoms with van der Waals surface area (Å²) in [6.07, 6.45) is 6.84. The van der Waals surface area contributed by atoms with Gasteiger partial charge < -0.3 is 11.1 Å². The fourth-order valence-corrected chi connectivity index (χ4v) is 3.09. The number of hydrogen-bond donors (Lipinski definition) is 2. The molecule has 4 heteroatoms. The molecule has 1 aliphatic rings. The Bertz CT molecular complexity index is 353. The molecule has 0 spiro atoms. The second-order valence-electron chi connectivity index (χ2n) is 5.25. The summed E-state index contributed by atoms with van der Waals surface area (Å²) in [5.74, 6) is 0.668. The Morgan fingerprint density at radius 3 is 2.62 bits per heavy atom. The summed E-state index contributed by atoms with van der Waals surface area (Å²) in [7, 11) is 0. The first-order valence-electron chi connectivity index (χ1n) is 6.06. The fourth-order valence-electron chi connectivity index (χ4n) is 2.39. The summed E-state index contributed by atoms with van der Waals surface area (Å²) in [6.45, 7) is 5.47. The smallest absolute Gasteiger partial charge is 0.142 e. The molecule has 1 aliphatic carbocycles. The Balaban J connectivity index is 1.93. The molecule has 16 heavy (non-hydrogen) atoms. The largest absolute Gasteiger partial charge is 0.383 e. The van der Waals surface area contributed by atoms with Crippen molar-refractivity contribution in [3.8, 4) is 0 Å². The summed E-state index contributed by atoms with van der Waals surface area (Å²) < 4.78 is 4.16. The van der Waals surface area contributed by atoms with Crippen molar-refractivity contribution in [1.82, 2.24) is 4.37 Å². The van der Waals surface area contributed by atoms with E-state index < -0.39 is 0 Å². The van der Waals surface area contributed by atoms with E-state index in [1.807, 2.05) is 6.92 Å². The topological polar surface area (TPSA) is 50.9 Å². The average molecular weight is 239 g/mol. The van der Waals surface area contributed by atoms with Crippen LogP contribution >= 0.6 is 11.5 Å². The van der Waals surface area contributed by atoms with Crippen LogP contribution in [0.25, 0.3) is 0 Å². The number of anilines is 2. The van der Waals surface area contributed by atoms with E-state index in [9.17, 15) is 0 Å². The van der Waals surface area contributed by atoms with Gasteiger partial charge in [-0.2, -0.15) is 4.37 Å². The standard InChI is InChI=1S/C12H21N3S/c1-9-10(13)15-16-11(9)14-8-12(2)6-4-3-5-7-12/h14H,3-8H2,1-2H3,(H2,13,15). The lowest BCUT2D eigenvalue weighted by Gasteiger charge is -2.33. The molecule has 1 heterocycles. The van der Waals surface area contributed by atoms with E-state index in [1.165, 1.54) is 43.6 Å². The van der Waals surface area contributed by atoms with E-state index in [0.29, 0.717) is 11.2 Å². The summed E-state index contributed by atoms with van der Waals surface area (Å²) in [4.78, 5) is 0. The molecule has 0 bridgehead atoms. The monoisotopic (exact) mass is 239 g/mol. The summed E-state index contributed by atoms with van der Waals surface area (Å²) in [5.41, 5.74) is 7.30. The van der Waals surface area contributed by atoms with Crippen LogP contribution in [-0.4, -0.2) is 10.9 Å². The van der Waals surface area contributed by atoms with Gasteiger partial charge in [0.25, 0.3) is 0 Å². The van der Waals surface area contributed by atoms with Crippen molar-refractivity contribution in [2.45, 2.75) is 46.0 Å². The molecular weight excluding hydrogens is 218 g/mol. The molecule has 2 rings (SSSR count). The first-order chi connectivity index (χ1) is 7.61. The van der Waals surface area contributed by atoms with Gasteiger partial charge in [-0.25, -0.2) is 0 Å². The van der Waals surface area contributed by atoms with Crippen molar-refractivity contribution in [2.24, 2.45) is 5.41 Å². The molecule has 3 N–H and O–H groups in total. The van der Waals surface area contributed by atoms with Crippen molar-refractivity contribution in [2.75, 3.05) is 17.6 Å². The first-order valence-corrected chi connectivity index (χ1v) is 6.84. The van der Waals surface area contributed by atoms with Crippen LogP contribution in [0.3, 0.4) is 0 Å². The van der Waals surface area contributed by atoms with E-state index in [2.05, 4.69) is 16.6 Å². The number of nitrogens with two attached hydrogens (primary N) is 1. The lowest BCUT2D eigenvalue weighted by atomic mass is 9.76. The SMILES string of the molecule is Cc1c(N)nsc1NCC1(C)CCCCC1. The molecule has 0 amide bonds. The van der Waals surface area contributed by atoms with Crippen LogP contribution in [0.2, 0.25) is 0 Å². The van der Waals surface area contributed by atoms with Crippen molar-refractivity contribution >= 4 is 22.4 Å². The number of aromatic nitrogens is 1. The van der Waals surface area contributed by atoms with Gasteiger partial charge >= 0.3 is 0 Å². The van der Waals surface area contributed by atoms with E-state index in [4.69, 9.17) is 5.73 Å². The van der Waals surface area contributed by atoms with E-state index in [-0.39, 0.29) is 0 Å². The van der Waals surface area contributed by atoms with Crippen LogP contribution in [0, 0.1) is 12.3 Å². The van der Waals surface area contributed by atoms with Gasteiger partial charge in [-0.15, -0.1) is 0 Å². The third-order valence-corrected chi connectivity index (χ3v) is 4.62. The van der Waals surface area contributed by atoms with Crippen LogP contribution in [0.1, 0.15) is 44.6 Å². The lowest BCUT2D eigenvalue weighted by Crippen LogP contribution is -2.28. The summed E-state index contributed by atoms with van der Waals surface area (Å²) >= 11 is 1.48. The highest BCUT2D eigenvalue weighted by molar-refractivity contribution is 7.10. The maximum Gasteiger partial charge on any atom is 0.142 e. The van der Waals surface area contributed by atoms with Crippen LogP contribution in [0.15, 0.2) is 0 Å². The van der Waals surface area contributed by atoms with Gasteiger partial charge in [0, 0.05) is 12.1 Å². The Kier molecular flexibility index (Phi) is 3.38. The summed E-state index contributed by atoms with van der Waals surface area (Å²) in [5, 5.41) is 4.66. The molecule has 1 aromatic heterocycles. The molecule has 0 unspecified atom stereocenters. The van der Waals surface area contributed by atoms with Crippen LogP contribution < -0.4 is 11.1 Å². The predicted molar refractivity (Wildman–Crippen MR) is 70.9 cm³/mol. The highest BCUT2D eigenvalue weighted by Gasteiger charge is 2.26. The molecule has 90 valence electrons. The van der Waals surface area contributed by atoms with Crippen LogP contribution in [0.5, 0.6) is 0 Å². The number of nitrogens with one attached hydrogen (secondary N) is 1. The molecule has 0 aliphatic heterocycles. The van der Waals surface area contributed by atoms with Gasteiger partial charge in [-0.3, -0.25) is 0 Å². The van der Waals surface area contributed by atoms with Crippen molar-refractivity contribution < 1.29 is 0 Å². The first kappa shape index (κ1) is 11.7. The van der Waals surface area contributed by atoms with E-state index in [0.717, 1.165) is 17.1 Å². The number of nitrogens with zero attached hydrogens (tertiary/aromatic N) is 1. The highest BCUT2D eigenvalue weighted by Crippen LogP contribution is 2.36. The van der Waals surface area contributed by atoms with Crippen molar-refractivity contribution in [1.29, 1.82) is 0 Å². The molecule has 3 nitrogen and oxygen atoms in total. The van der Waals surface area contributed by atoms with Gasteiger partial charge in [0.05, 0.1) is 0 Å². The Hall–Kier alpha value is -0.770. The zero-order valence-corrected chi connectivity index (χ0v) is 11.0. The predicted octanol–water partition coefficient (Wildman–Crippen LogP) is 3.42. The summed E-state index contributed by atoms with van der Waals surface area (Å²) in [6, 6.07) is 0. The molecule has 0 aromatic carbocycles. The maximum atomic E-state index is 5.74. The second kappa shape index (κ2) is 4.62. The van der Waals surface area contributed by atoms with Crippen LogP contribution in [0.4, 0.5) is 10.8 Å². The number of rotatable bonds is 3. The number of hydrogen-bond acceptors (Lipinski definition) is 4. The van der Waals surface area contributed by atoms with E-state index in [1.54, 1.807) is 0 Å². The molecule has 1 aromatic rings. The second-order valence-corrected chi connectivity index (χ2v) is 6.02. The van der Waals surface area contributed by atoms with Gasteiger partial charge in [0.15, 0.2) is 0 Å². The molecule has 1 fully saturated rings. The Labute approximate surface area is 102 Å². The minimum atomic E-state index is 0.462. The quantitative estimate of drug-likeness (QED) is 0.849. The molecule has 1 saturated carbocycles. The van der Waals surface area contributed by atoms with Gasteiger partial charge in [-0.05, 0) is 36.7 Å². The van der Waals surface area contributed by atoms with Gasteiger partial charge in [-0.1, -0.05) is 26.2 Å². The normalized spacial score (nSPS) is 19.6. The third kappa shape index (κ3) is 2.48. The molecule has 0 radical (unpaired) electrons. The maximum absolute atomic E-state index is 5.74. The third-order valence-electron chi connectivity index (χ3n) is 3.70. The zero-order valence-electron chi connectivity index (χ0n) is 10.2. The number of nitrogen functional groups attached to an aromatic ring is 1. The molecular formula is C12H21N3S. The molecule has 0 atom stereocenters. The van der Waals surface area contributed by atoms with E-state index >= 15 is 0 Å². The Morgan fingerprint density at radius 2 is 2.06 bits per heavy atom. The lowest BCUT2D eigenvalue weighted by molar-refractivity contribution is 0.233. The molecule has 0 saturated heterocycles. The minimum absolute atomic E-state index is 0.462. The Morgan fingerprint density at radius 1 is 1.38 bits per heavy atom. The van der Waals surface area contributed by atoms with Crippen molar-refractivity contribution in [3.05, 3.63) is 5.56 Å². The average Bonchev–Trinajstić information content (AvgIpc) is 2.58. The fraction of sp³-hybridized carbons (Fsp3) is 0.750. The minimum Gasteiger partial charge on any atom is -0.383 e.